The Labute approximate surface area is 103 Å². The highest BCUT2D eigenvalue weighted by Crippen LogP contribution is 2.04. The van der Waals surface area contributed by atoms with E-state index in [9.17, 15) is 0 Å². The summed E-state index contributed by atoms with van der Waals surface area (Å²) in [5.74, 6) is 0. The van der Waals surface area contributed by atoms with Crippen LogP contribution >= 0.6 is 0 Å². The van der Waals surface area contributed by atoms with E-state index in [1.54, 1.807) is 0 Å². The quantitative estimate of drug-likeness (QED) is 0.813. The van der Waals surface area contributed by atoms with E-state index in [1.807, 2.05) is 11.7 Å². The van der Waals surface area contributed by atoms with Gasteiger partial charge in [-0.3, -0.25) is 4.68 Å². The van der Waals surface area contributed by atoms with Crippen molar-refractivity contribution in [3.8, 4) is 0 Å². The lowest BCUT2D eigenvalue weighted by Crippen LogP contribution is -2.50. The van der Waals surface area contributed by atoms with Crippen molar-refractivity contribution in [3.05, 3.63) is 17.5 Å². The minimum atomic E-state index is 0.868. The van der Waals surface area contributed by atoms with Crippen LogP contribution in [0.2, 0.25) is 0 Å². The van der Waals surface area contributed by atoms with Crippen LogP contribution in [-0.2, 0) is 20.0 Å². The van der Waals surface area contributed by atoms with E-state index in [0.717, 1.165) is 39.1 Å². The molecule has 0 atom stereocenters. The zero-order valence-corrected chi connectivity index (χ0v) is 11.1. The molecule has 1 aromatic heterocycles. The third-order valence-corrected chi connectivity index (χ3v) is 3.38. The fourth-order valence-corrected chi connectivity index (χ4v) is 2.07. The molecule has 1 fully saturated rings. The summed E-state index contributed by atoms with van der Waals surface area (Å²) in [7, 11) is 4.19. The number of rotatable bonds is 4. The first-order valence-corrected chi connectivity index (χ1v) is 6.38. The van der Waals surface area contributed by atoms with Gasteiger partial charge >= 0.3 is 0 Å². The number of aryl methyl sites for hydroxylation is 2. The van der Waals surface area contributed by atoms with Crippen LogP contribution in [-0.4, -0.2) is 52.9 Å². The van der Waals surface area contributed by atoms with Crippen LogP contribution in [0.15, 0.2) is 6.07 Å². The zero-order chi connectivity index (χ0) is 12.3. The van der Waals surface area contributed by atoms with E-state index in [4.69, 9.17) is 0 Å². The first kappa shape index (κ1) is 12.5. The number of nitrogens with zero attached hydrogens (tertiary/aromatic N) is 4. The predicted molar refractivity (Wildman–Crippen MR) is 68.5 cm³/mol. The van der Waals surface area contributed by atoms with Crippen molar-refractivity contribution in [1.82, 2.24) is 25.1 Å². The van der Waals surface area contributed by atoms with Crippen LogP contribution in [0.1, 0.15) is 18.3 Å². The molecule has 0 aliphatic carbocycles. The minimum Gasteiger partial charge on any atom is -0.304 e. The highest BCUT2D eigenvalue weighted by atomic mass is 15.5. The molecule has 0 radical (unpaired) electrons. The maximum Gasteiger partial charge on any atom is 0.0625 e. The van der Waals surface area contributed by atoms with Gasteiger partial charge in [0.25, 0.3) is 0 Å². The van der Waals surface area contributed by atoms with Gasteiger partial charge in [0, 0.05) is 33.2 Å². The molecule has 0 bridgehead atoms. The summed E-state index contributed by atoms with van der Waals surface area (Å²) in [6.45, 7) is 7.47. The van der Waals surface area contributed by atoms with E-state index in [1.165, 1.54) is 11.4 Å². The van der Waals surface area contributed by atoms with E-state index < -0.39 is 0 Å². The molecule has 0 aromatic carbocycles. The molecule has 1 saturated heterocycles. The van der Waals surface area contributed by atoms with Crippen LogP contribution in [0, 0.1) is 0 Å². The minimum absolute atomic E-state index is 0.868. The second-order valence-corrected chi connectivity index (χ2v) is 4.73. The van der Waals surface area contributed by atoms with Crippen molar-refractivity contribution < 1.29 is 0 Å². The summed E-state index contributed by atoms with van der Waals surface area (Å²) >= 11 is 0. The molecular formula is C12H23N5. The van der Waals surface area contributed by atoms with Gasteiger partial charge in [-0.15, -0.1) is 0 Å². The predicted octanol–water partition coefficient (Wildman–Crippen LogP) is 0.235. The Kier molecular flexibility index (Phi) is 4.15. The van der Waals surface area contributed by atoms with Gasteiger partial charge in [0.1, 0.15) is 0 Å². The molecule has 0 unspecified atom stereocenters. The average Bonchev–Trinajstić information content (AvgIpc) is 2.69. The van der Waals surface area contributed by atoms with Crippen LogP contribution in [0.25, 0.3) is 0 Å². The van der Waals surface area contributed by atoms with Crippen LogP contribution in [0.5, 0.6) is 0 Å². The molecule has 1 N–H and O–H groups in total. The van der Waals surface area contributed by atoms with Gasteiger partial charge < -0.3 is 4.90 Å². The summed E-state index contributed by atoms with van der Waals surface area (Å²) in [6, 6.07) is 2.18. The van der Waals surface area contributed by atoms with E-state index >= 15 is 0 Å². The molecule has 0 spiro atoms. The first-order valence-electron chi connectivity index (χ1n) is 6.38. The Bertz CT molecular complexity index is 352. The summed E-state index contributed by atoms with van der Waals surface area (Å²) in [5.41, 5.74) is 5.90. The molecule has 96 valence electrons. The number of aromatic nitrogens is 2. The Morgan fingerprint density at radius 3 is 2.53 bits per heavy atom. The molecule has 1 aromatic rings. The molecule has 2 heterocycles. The lowest BCUT2D eigenvalue weighted by molar-refractivity contribution is 0.101. The molecule has 1 aliphatic heterocycles. The zero-order valence-electron chi connectivity index (χ0n) is 11.1. The van der Waals surface area contributed by atoms with Crippen molar-refractivity contribution in [3.63, 3.8) is 0 Å². The van der Waals surface area contributed by atoms with Crippen molar-refractivity contribution in [2.75, 3.05) is 33.2 Å². The van der Waals surface area contributed by atoms with Gasteiger partial charge in [0.2, 0.25) is 0 Å². The SMILES string of the molecule is CCc1cc(CNN2CCN(C)CC2)n(C)n1. The number of piperazine rings is 1. The topological polar surface area (TPSA) is 36.3 Å². The summed E-state index contributed by atoms with van der Waals surface area (Å²) < 4.78 is 1.97. The van der Waals surface area contributed by atoms with Crippen molar-refractivity contribution in [2.24, 2.45) is 7.05 Å². The highest BCUT2D eigenvalue weighted by molar-refractivity contribution is 5.09. The van der Waals surface area contributed by atoms with Crippen LogP contribution < -0.4 is 5.43 Å². The average molecular weight is 237 g/mol. The van der Waals surface area contributed by atoms with Crippen LogP contribution in [0.4, 0.5) is 0 Å². The third-order valence-electron chi connectivity index (χ3n) is 3.38. The molecule has 5 nitrogen and oxygen atoms in total. The second kappa shape index (κ2) is 5.62. The Hall–Kier alpha value is -0.910. The van der Waals surface area contributed by atoms with Gasteiger partial charge in [-0.25, -0.2) is 10.4 Å². The Balaban J connectivity index is 1.83. The normalized spacial score (nSPS) is 18.8. The van der Waals surface area contributed by atoms with E-state index in [-0.39, 0.29) is 0 Å². The highest BCUT2D eigenvalue weighted by Gasteiger charge is 2.13. The number of nitrogens with one attached hydrogen (secondary N) is 1. The molecule has 0 saturated carbocycles. The largest absolute Gasteiger partial charge is 0.304 e. The third kappa shape index (κ3) is 3.28. The summed E-state index contributed by atoms with van der Waals surface area (Å²) in [5, 5.41) is 6.76. The maximum atomic E-state index is 4.45. The van der Waals surface area contributed by atoms with Gasteiger partial charge in [0.15, 0.2) is 0 Å². The van der Waals surface area contributed by atoms with E-state index in [0.29, 0.717) is 0 Å². The second-order valence-electron chi connectivity index (χ2n) is 4.73. The number of likely N-dealkylation sites (N-methyl/N-ethyl adjacent to an activating group) is 1. The summed E-state index contributed by atoms with van der Waals surface area (Å²) in [4.78, 5) is 2.36. The molecule has 5 heteroatoms. The van der Waals surface area contributed by atoms with Crippen LogP contribution in [0.3, 0.4) is 0 Å². The standard InChI is InChI=1S/C12H23N5/c1-4-11-9-12(16(3)14-11)10-13-17-7-5-15(2)6-8-17/h9,13H,4-8,10H2,1-3H3. The van der Waals surface area contributed by atoms with Gasteiger partial charge in [-0.2, -0.15) is 5.10 Å². The molecule has 17 heavy (non-hydrogen) atoms. The molecular weight excluding hydrogens is 214 g/mol. The molecule has 2 rings (SSSR count). The smallest absolute Gasteiger partial charge is 0.0625 e. The molecule has 0 amide bonds. The van der Waals surface area contributed by atoms with E-state index in [2.05, 4.69) is 40.5 Å². The van der Waals surface area contributed by atoms with Gasteiger partial charge in [-0.05, 0) is 19.5 Å². The maximum absolute atomic E-state index is 4.45. The fraction of sp³-hybridized carbons (Fsp3) is 0.750. The molecule has 1 aliphatic rings. The Morgan fingerprint density at radius 2 is 1.94 bits per heavy atom. The number of hydrogen-bond acceptors (Lipinski definition) is 4. The van der Waals surface area contributed by atoms with Crippen molar-refractivity contribution in [2.45, 2.75) is 19.9 Å². The lowest BCUT2D eigenvalue weighted by atomic mass is 10.3. The number of hydrazine groups is 1. The fourth-order valence-electron chi connectivity index (χ4n) is 2.07. The van der Waals surface area contributed by atoms with Crippen molar-refractivity contribution in [1.29, 1.82) is 0 Å². The lowest BCUT2D eigenvalue weighted by Gasteiger charge is -2.32. The van der Waals surface area contributed by atoms with Gasteiger partial charge in [-0.1, -0.05) is 6.92 Å². The Morgan fingerprint density at radius 1 is 1.24 bits per heavy atom. The number of hydrogen-bond donors (Lipinski definition) is 1. The monoisotopic (exact) mass is 237 g/mol. The van der Waals surface area contributed by atoms with Crippen molar-refractivity contribution >= 4 is 0 Å². The first-order chi connectivity index (χ1) is 8.19. The van der Waals surface area contributed by atoms with Gasteiger partial charge in [0.05, 0.1) is 17.9 Å². The summed E-state index contributed by atoms with van der Waals surface area (Å²) in [6.07, 6.45) is 1.00.